The lowest BCUT2D eigenvalue weighted by molar-refractivity contribution is -0.947. The fourth-order valence-corrected chi connectivity index (χ4v) is 4.94. The summed E-state index contributed by atoms with van der Waals surface area (Å²) >= 11 is 0. The summed E-state index contributed by atoms with van der Waals surface area (Å²) in [7, 11) is 0. The van der Waals surface area contributed by atoms with Crippen molar-refractivity contribution in [3.63, 3.8) is 0 Å². The van der Waals surface area contributed by atoms with E-state index in [-0.39, 0.29) is 23.8 Å². The van der Waals surface area contributed by atoms with Crippen LogP contribution in [0.4, 0.5) is 5.69 Å². The van der Waals surface area contributed by atoms with E-state index in [1.54, 1.807) is 0 Å². The summed E-state index contributed by atoms with van der Waals surface area (Å²) in [6.45, 7) is 5.22. The first-order valence-corrected chi connectivity index (χ1v) is 8.53. The minimum absolute atomic E-state index is 0.0480. The number of hydrogen-bond donors (Lipinski definition) is 2. The van der Waals surface area contributed by atoms with Gasteiger partial charge in [0.05, 0.1) is 18.8 Å². The molecule has 3 aliphatic heterocycles. The quantitative estimate of drug-likeness (QED) is 0.793. The first kappa shape index (κ1) is 14.7. The average Bonchev–Trinajstić information content (AvgIpc) is 3.16. The number of anilines is 1. The fourth-order valence-electron chi connectivity index (χ4n) is 4.94. The van der Waals surface area contributed by atoms with Crippen molar-refractivity contribution in [1.29, 1.82) is 0 Å². The normalized spacial score (nSPS) is 34.3. The van der Waals surface area contributed by atoms with E-state index in [1.807, 2.05) is 26.0 Å². The predicted molar refractivity (Wildman–Crippen MR) is 85.1 cm³/mol. The maximum atomic E-state index is 13.0. The summed E-state index contributed by atoms with van der Waals surface area (Å²) in [5.41, 5.74) is 2.51. The molecule has 1 aromatic rings. The molecule has 0 aliphatic carbocycles. The highest BCUT2D eigenvalue weighted by Crippen LogP contribution is 2.44. The van der Waals surface area contributed by atoms with E-state index < -0.39 is 5.54 Å². The molecule has 3 aliphatic rings. The lowest BCUT2D eigenvalue weighted by Gasteiger charge is -2.29. The molecule has 4 rings (SSSR count). The van der Waals surface area contributed by atoms with Crippen molar-refractivity contribution in [1.82, 2.24) is 0 Å². The Hall–Kier alpha value is -1.88. The highest BCUT2D eigenvalue weighted by Gasteiger charge is 2.67. The van der Waals surface area contributed by atoms with E-state index in [9.17, 15) is 9.59 Å². The number of carbonyl (C=O) groups is 2. The molecule has 0 aromatic heterocycles. The Labute approximate surface area is 136 Å². The highest BCUT2D eigenvalue weighted by molar-refractivity contribution is 6.05. The summed E-state index contributed by atoms with van der Waals surface area (Å²) in [6, 6.07) is 6.32. The van der Waals surface area contributed by atoms with E-state index in [2.05, 4.69) is 11.4 Å². The summed E-state index contributed by atoms with van der Waals surface area (Å²) in [5.74, 6) is -0.265. The summed E-state index contributed by atoms with van der Waals surface area (Å²) in [4.78, 5) is 26.7. The van der Waals surface area contributed by atoms with Crippen LogP contribution in [0, 0.1) is 12.8 Å². The predicted octanol–water partition coefficient (Wildman–Crippen LogP) is 0.773. The Morgan fingerprint density at radius 2 is 2.30 bits per heavy atom. The van der Waals surface area contributed by atoms with Gasteiger partial charge >= 0.3 is 5.97 Å². The second kappa shape index (κ2) is 5.06. The SMILES string of the molecule is CCOC(=O)[C@H]1C[C@@]2(C(=O)Nc3ccc(C)cc32)[NH+]2CCC[C@H]12. The van der Waals surface area contributed by atoms with Gasteiger partial charge in [0.15, 0.2) is 0 Å². The Morgan fingerprint density at radius 3 is 3.09 bits per heavy atom. The molecule has 0 radical (unpaired) electrons. The molecule has 2 fully saturated rings. The number of rotatable bonds is 2. The Balaban J connectivity index is 1.81. The van der Waals surface area contributed by atoms with Crippen molar-refractivity contribution < 1.29 is 19.2 Å². The molecular weight excluding hydrogens is 292 g/mol. The van der Waals surface area contributed by atoms with Crippen molar-refractivity contribution >= 4 is 17.6 Å². The lowest BCUT2D eigenvalue weighted by atomic mass is 9.84. The Bertz CT molecular complexity index is 687. The lowest BCUT2D eigenvalue weighted by Crippen LogP contribution is -3.19. The first-order chi connectivity index (χ1) is 11.1. The van der Waals surface area contributed by atoms with Crippen LogP contribution >= 0.6 is 0 Å². The number of esters is 1. The van der Waals surface area contributed by atoms with E-state index >= 15 is 0 Å². The Morgan fingerprint density at radius 1 is 1.48 bits per heavy atom. The van der Waals surface area contributed by atoms with Crippen LogP contribution in [0.5, 0.6) is 0 Å². The number of hydrogen-bond acceptors (Lipinski definition) is 3. The van der Waals surface area contributed by atoms with Crippen molar-refractivity contribution in [2.24, 2.45) is 5.92 Å². The fraction of sp³-hybridized carbons (Fsp3) is 0.556. The van der Waals surface area contributed by atoms with Crippen molar-refractivity contribution in [2.75, 3.05) is 18.5 Å². The minimum atomic E-state index is -0.611. The number of fused-ring (bicyclic) bond motifs is 4. The van der Waals surface area contributed by atoms with Gasteiger partial charge in [0.2, 0.25) is 5.54 Å². The van der Waals surface area contributed by atoms with Gasteiger partial charge in [-0.05, 0) is 26.0 Å². The molecule has 1 amide bonds. The molecule has 5 heteroatoms. The van der Waals surface area contributed by atoms with E-state index in [0.717, 1.165) is 36.2 Å². The molecular formula is C18H23N2O3+. The highest BCUT2D eigenvalue weighted by atomic mass is 16.5. The number of quaternary nitrogens is 1. The van der Waals surface area contributed by atoms with E-state index in [0.29, 0.717) is 13.0 Å². The number of nitrogens with one attached hydrogen (secondary N) is 2. The minimum Gasteiger partial charge on any atom is -0.466 e. The summed E-state index contributed by atoms with van der Waals surface area (Å²) in [5, 5.41) is 3.05. The third kappa shape index (κ3) is 1.89. The van der Waals surface area contributed by atoms with Gasteiger partial charge in [-0.3, -0.25) is 9.59 Å². The number of benzene rings is 1. The third-order valence-electron chi connectivity index (χ3n) is 5.83. The topological polar surface area (TPSA) is 59.8 Å². The van der Waals surface area contributed by atoms with E-state index in [4.69, 9.17) is 4.74 Å². The average molecular weight is 315 g/mol. The van der Waals surface area contributed by atoms with E-state index in [1.165, 1.54) is 4.90 Å². The van der Waals surface area contributed by atoms with Gasteiger partial charge in [-0.15, -0.1) is 0 Å². The molecule has 0 bridgehead atoms. The van der Waals surface area contributed by atoms with Crippen LogP contribution in [0.25, 0.3) is 0 Å². The summed E-state index contributed by atoms with van der Waals surface area (Å²) in [6.07, 6.45) is 2.62. The van der Waals surface area contributed by atoms with Crippen LogP contribution in [-0.4, -0.2) is 31.1 Å². The van der Waals surface area contributed by atoms with Crippen LogP contribution in [-0.2, 0) is 19.9 Å². The van der Waals surface area contributed by atoms with Crippen molar-refractivity contribution in [3.05, 3.63) is 29.3 Å². The largest absolute Gasteiger partial charge is 0.466 e. The van der Waals surface area contributed by atoms with Gasteiger partial charge < -0.3 is 15.0 Å². The van der Waals surface area contributed by atoms with Crippen molar-refractivity contribution in [3.8, 4) is 0 Å². The monoisotopic (exact) mass is 315 g/mol. The molecule has 23 heavy (non-hydrogen) atoms. The van der Waals surface area contributed by atoms with Crippen LogP contribution in [0.15, 0.2) is 18.2 Å². The zero-order chi connectivity index (χ0) is 16.2. The molecule has 0 saturated carbocycles. The zero-order valence-corrected chi connectivity index (χ0v) is 13.6. The number of amides is 1. The summed E-state index contributed by atoms with van der Waals surface area (Å²) < 4.78 is 5.30. The van der Waals surface area contributed by atoms with Crippen LogP contribution in [0.1, 0.15) is 37.3 Å². The second-order valence-corrected chi connectivity index (χ2v) is 7.00. The maximum Gasteiger partial charge on any atom is 0.315 e. The smallest absolute Gasteiger partial charge is 0.315 e. The first-order valence-electron chi connectivity index (χ1n) is 8.53. The number of ether oxygens (including phenoxy) is 1. The van der Waals surface area contributed by atoms with Gasteiger partial charge in [0.1, 0.15) is 12.0 Å². The van der Waals surface area contributed by atoms with Crippen molar-refractivity contribution in [2.45, 2.75) is 44.7 Å². The molecule has 5 nitrogen and oxygen atoms in total. The second-order valence-electron chi connectivity index (χ2n) is 7.00. The van der Waals surface area contributed by atoms with Crippen LogP contribution in [0.3, 0.4) is 0 Å². The molecule has 4 atom stereocenters. The third-order valence-corrected chi connectivity index (χ3v) is 5.83. The molecule has 2 N–H and O–H groups in total. The van der Waals surface area contributed by atoms with Gasteiger partial charge in [0, 0.05) is 24.8 Å². The van der Waals surface area contributed by atoms with Gasteiger partial charge in [-0.25, -0.2) is 0 Å². The molecule has 1 aromatic carbocycles. The molecule has 122 valence electrons. The zero-order valence-electron chi connectivity index (χ0n) is 13.6. The molecule has 3 heterocycles. The van der Waals surface area contributed by atoms with Gasteiger partial charge in [-0.2, -0.15) is 0 Å². The number of carbonyl (C=O) groups excluding carboxylic acids is 2. The molecule has 1 unspecified atom stereocenters. The Kier molecular flexibility index (Phi) is 3.23. The van der Waals surface area contributed by atoms with Gasteiger partial charge in [-0.1, -0.05) is 11.6 Å². The van der Waals surface area contributed by atoms with Crippen LogP contribution in [0.2, 0.25) is 0 Å². The molecule has 1 spiro atoms. The van der Waals surface area contributed by atoms with Gasteiger partial charge in [0.25, 0.3) is 5.91 Å². The van der Waals surface area contributed by atoms with Crippen LogP contribution < -0.4 is 10.2 Å². The standard InChI is InChI=1S/C18H22N2O3/c1-3-23-16(21)12-10-18(20-8-4-5-15(12)20)13-9-11(2)6-7-14(13)19-17(18)22/h6-7,9,12,15H,3-5,8,10H2,1-2H3,(H,19,22)/p+1/t12-,15+,18+/m0/s1. The molecule has 2 saturated heterocycles. The number of aryl methyl sites for hydroxylation is 1. The maximum absolute atomic E-state index is 13.0.